The third-order valence-electron chi connectivity index (χ3n) is 7.85. The van der Waals surface area contributed by atoms with Crippen molar-refractivity contribution in [2.75, 3.05) is 42.0 Å². The van der Waals surface area contributed by atoms with Gasteiger partial charge in [0.25, 0.3) is 0 Å². The highest BCUT2D eigenvalue weighted by Gasteiger charge is 2.51. The third-order valence-corrected chi connectivity index (χ3v) is 7.85. The first-order valence-electron chi connectivity index (χ1n) is 13.6. The van der Waals surface area contributed by atoms with Gasteiger partial charge in [-0.25, -0.2) is 4.79 Å². The molecular weight excluding hydrogens is 564 g/mol. The summed E-state index contributed by atoms with van der Waals surface area (Å²) in [6.45, 7) is 7.52. The van der Waals surface area contributed by atoms with Gasteiger partial charge in [-0.15, -0.1) is 0 Å². The predicted molar refractivity (Wildman–Crippen MR) is 153 cm³/mol. The number of fused-ring (bicyclic) bond motifs is 4. The van der Waals surface area contributed by atoms with E-state index in [1.165, 1.54) is 42.3 Å². The number of carbonyl (C=O) groups is 2. The number of carbonyl (C=O) groups excluding carboxylic acids is 2. The molecule has 4 atom stereocenters. The molecule has 0 radical (unpaired) electrons. The number of esters is 2. The van der Waals surface area contributed by atoms with Crippen LogP contribution in [-0.4, -0.2) is 64.7 Å². The van der Waals surface area contributed by atoms with Crippen molar-refractivity contribution in [2.24, 2.45) is 5.92 Å². The molecule has 12 heteroatoms. The van der Waals surface area contributed by atoms with E-state index in [1.807, 2.05) is 0 Å². The van der Waals surface area contributed by atoms with E-state index < -0.39 is 35.7 Å². The lowest BCUT2D eigenvalue weighted by Gasteiger charge is -2.43. The Bertz CT molecular complexity index is 1430. The van der Waals surface area contributed by atoms with E-state index in [4.69, 9.17) is 42.6 Å². The Morgan fingerprint density at radius 1 is 0.977 bits per heavy atom. The van der Waals surface area contributed by atoms with E-state index in [0.717, 1.165) is 0 Å². The molecule has 0 unspecified atom stereocenters. The molecule has 2 aliphatic rings. The number of allylic oxidation sites excluding steroid dienone is 1. The molecule has 0 bridgehead atoms. The van der Waals surface area contributed by atoms with Gasteiger partial charge in [-0.05, 0) is 32.9 Å². The van der Waals surface area contributed by atoms with Gasteiger partial charge >= 0.3 is 11.9 Å². The van der Waals surface area contributed by atoms with Crippen LogP contribution in [0.5, 0.6) is 34.5 Å². The van der Waals surface area contributed by atoms with Gasteiger partial charge in [0.05, 0.1) is 21.3 Å². The third kappa shape index (κ3) is 5.52. The van der Waals surface area contributed by atoms with Crippen molar-refractivity contribution in [1.82, 2.24) is 0 Å². The van der Waals surface area contributed by atoms with Gasteiger partial charge in [-0.3, -0.25) is 4.79 Å². The zero-order valence-corrected chi connectivity index (χ0v) is 25.8. The van der Waals surface area contributed by atoms with Crippen LogP contribution in [0.15, 0.2) is 23.8 Å². The van der Waals surface area contributed by atoms with Crippen LogP contribution in [0.25, 0.3) is 11.1 Å². The minimum absolute atomic E-state index is 0.0914. The van der Waals surface area contributed by atoms with Crippen LogP contribution in [0, 0.1) is 5.92 Å². The summed E-state index contributed by atoms with van der Waals surface area (Å²) < 4.78 is 52.2. The average Bonchev–Trinajstić information content (AvgIpc) is 3.47. The largest absolute Gasteiger partial charge is 0.493 e. The Balaban J connectivity index is 2.26. The highest BCUT2D eigenvalue weighted by Crippen LogP contribution is 2.61. The summed E-state index contributed by atoms with van der Waals surface area (Å²) in [5.74, 6) is -0.669. The van der Waals surface area contributed by atoms with Gasteiger partial charge in [-0.2, -0.15) is 0 Å². The van der Waals surface area contributed by atoms with Gasteiger partial charge < -0.3 is 47.7 Å². The van der Waals surface area contributed by atoms with Crippen LogP contribution in [-0.2, 0) is 23.8 Å². The molecule has 1 heterocycles. The molecule has 2 aromatic rings. The molecule has 12 nitrogen and oxygen atoms in total. The standard InChI is InChI=1S/C31H38O12/c1-10-15(2)30(33)43-29-19-12-20(36-7)25(37-8)27(38-9)23(19)22-18(24(42-17(4)32)16(3)31(29,5)34)11-21-26(41-14-39-21)28(22)40-13-35-6/h10-12,16,24,29,34H,13-14H2,1-9H3/b15-10-/t16-,24+,29-,31-/m0/s1. The van der Waals surface area contributed by atoms with Crippen molar-refractivity contribution in [3.8, 4) is 45.6 Å². The summed E-state index contributed by atoms with van der Waals surface area (Å²) in [6, 6.07) is 3.29. The Kier molecular flexibility index (Phi) is 9.31. The van der Waals surface area contributed by atoms with Crippen molar-refractivity contribution >= 4 is 11.9 Å². The minimum atomic E-state index is -1.83. The van der Waals surface area contributed by atoms with Crippen LogP contribution < -0.4 is 28.4 Å². The van der Waals surface area contributed by atoms with Gasteiger partial charge in [0.2, 0.25) is 18.3 Å². The van der Waals surface area contributed by atoms with Gasteiger partial charge in [-0.1, -0.05) is 13.0 Å². The van der Waals surface area contributed by atoms with E-state index in [-0.39, 0.29) is 42.3 Å². The number of ether oxygens (including phenoxy) is 9. The minimum Gasteiger partial charge on any atom is -0.493 e. The number of hydrogen-bond acceptors (Lipinski definition) is 12. The highest BCUT2D eigenvalue weighted by atomic mass is 16.7. The van der Waals surface area contributed by atoms with Crippen LogP contribution in [0.1, 0.15) is 58.0 Å². The van der Waals surface area contributed by atoms with Crippen molar-refractivity contribution in [2.45, 2.75) is 52.4 Å². The normalized spacial score (nSPS) is 22.4. The fourth-order valence-corrected chi connectivity index (χ4v) is 5.38. The number of methoxy groups -OCH3 is 4. The summed E-state index contributed by atoms with van der Waals surface area (Å²) in [4.78, 5) is 25.8. The summed E-state index contributed by atoms with van der Waals surface area (Å²) in [5.41, 5.74) is -0.0906. The summed E-state index contributed by atoms with van der Waals surface area (Å²) >= 11 is 0. The second-order valence-electron chi connectivity index (χ2n) is 10.4. The highest BCUT2D eigenvalue weighted by molar-refractivity contribution is 5.91. The quantitative estimate of drug-likeness (QED) is 0.243. The van der Waals surface area contributed by atoms with Crippen molar-refractivity contribution in [1.29, 1.82) is 0 Å². The fourth-order valence-electron chi connectivity index (χ4n) is 5.38. The first-order chi connectivity index (χ1) is 20.5. The molecule has 1 aliphatic heterocycles. The molecule has 2 aromatic carbocycles. The molecule has 0 spiro atoms. The Hall–Kier alpha value is -4.16. The molecule has 43 heavy (non-hydrogen) atoms. The van der Waals surface area contributed by atoms with Crippen molar-refractivity contribution < 1.29 is 57.3 Å². The fraction of sp³-hybridized carbons (Fsp3) is 0.484. The molecule has 1 aliphatic carbocycles. The molecule has 4 rings (SSSR count). The van der Waals surface area contributed by atoms with Crippen LogP contribution in [0.4, 0.5) is 0 Å². The number of aliphatic hydroxyl groups is 1. The zero-order chi connectivity index (χ0) is 31.6. The van der Waals surface area contributed by atoms with Gasteiger partial charge in [0, 0.05) is 47.8 Å². The first kappa shape index (κ1) is 31.8. The second-order valence-corrected chi connectivity index (χ2v) is 10.4. The second kappa shape index (κ2) is 12.6. The van der Waals surface area contributed by atoms with Crippen molar-refractivity contribution in [3.05, 3.63) is 34.9 Å². The topological polar surface area (TPSA) is 137 Å². The van der Waals surface area contributed by atoms with Gasteiger partial charge in [0.1, 0.15) is 11.7 Å². The van der Waals surface area contributed by atoms with Crippen LogP contribution in [0.3, 0.4) is 0 Å². The molecule has 0 saturated heterocycles. The Morgan fingerprint density at radius 2 is 1.65 bits per heavy atom. The first-order valence-corrected chi connectivity index (χ1v) is 13.6. The molecule has 0 aromatic heterocycles. The smallest absolute Gasteiger partial charge is 0.334 e. The monoisotopic (exact) mass is 602 g/mol. The molecule has 0 fully saturated rings. The lowest BCUT2D eigenvalue weighted by atomic mass is 9.71. The lowest BCUT2D eigenvalue weighted by Crippen LogP contribution is -2.46. The molecule has 0 amide bonds. The van der Waals surface area contributed by atoms with Crippen LogP contribution >= 0.6 is 0 Å². The summed E-state index contributed by atoms with van der Waals surface area (Å²) in [5, 5.41) is 12.3. The molecule has 234 valence electrons. The lowest BCUT2D eigenvalue weighted by molar-refractivity contribution is -0.182. The van der Waals surface area contributed by atoms with E-state index in [1.54, 1.807) is 39.0 Å². The maximum absolute atomic E-state index is 13.3. The maximum Gasteiger partial charge on any atom is 0.334 e. The Labute approximate surface area is 250 Å². The number of hydrogen-bond donors (Lipinski definition) is 1. The van der Waals surface area contributed by atoms with E-state index in [9.17, 15) is 14.7 Å². The average molecular weight is 603 g/mol. The van der Waals surface area contributed by atoms with E-state index >= 15 is 0 Å². The predicted octanol–water partition coefficient (Wildman–Crippen LogP) is 4.65. The molecule has 0 saturated carbocycles. The maximum atomic E-state index is 13.3. The summed E-state index contributed by atoms with van der Waals surface area (Å²) in [6.07, 6.45) is -0.814. The van der Waals surface area contributed by atoms with Gasteiger partial charge in [0.15, 0.2) is 35.9 Å². The SMILES string of the molecule is C/C=C(/C)C(=O)O[C@H]1c2cc(OC)c(OC)c(OC)c2-c2c(cc3c(c2OCOC)OCO3)[C@H](OC(C)=O)[C@H](C)[C@]1(C)O. The molecular formula is C31H38O12. The van der Waals surface area contributed by atoms with E-state index in [2.05, 4.69) is 0 Å². The summed E-state index contributed by atoms with van der Waals surface area (Å²) in [7, 11) is 5.81. The van der Waals surface area contributed by atoms with Crippen molar-refractivity contribution in [3.63, 3.8) is 0 Å². The molecule has 1 N–H and O–H groups in total. The Morgan fingerprint density at radius 3 is 2.23 bits per heavy atom. The number of rotatable bonds is 9. The number of benzene rings is 2. The zero-order valence-electron chi connectivity index (χ0n) is 25.8. The van der Waals surface area contributed by atoms with E-state index in [0.29, 0.717) is 33.6 Å². The van der Waals surface area contributed by atoms with Crippen LogP contribution in [0.2, 0.25) is 0 Å².